The molecule has 1 unspecified atom stereocenters. The first-order valence-corrected chi connectivity index (χ1v) is 8.38. The van der Waals surface area contributed by atoms with Crippen LogP contribution in [0.15, 0.2) is 27.6 Å². The van der Waals surface area contributed by atoms with Gasteiger partial charge in [-0.3, -0.25) is 0 Å². The lowest BCUT2D eigenvalue weighted by Gasteiger charge is -2.33. The number of rotatable bonds is 3. The molecule has 5 nitrogen and oxygen atoms in total. The number of hydrogen-bond acceptors (Lipinski definition) is 4. The Morgan fingerprint density at radius 2 is 2.16 bits per heavy atom. The van der Waals surface area contributed by atoms with Gasteiger partial charge in [0.1, 0.15) is 4.90 Å². The summed E-state index contributed by atoms with van der Waals surface area (Å²) in [6.45, 7) is 0.270. The van der Waals surface area contributed by atoms with Gasteiger partial charge in [-0.1, -0.05) is 22.4 Å². The lowest BCUT2D eigenvalue weighted by atomic mass is 10.1. The van der Waals surface area contributed by atoms with Gasteiger partial charge in [-0.15, -0.1) is 0 Å². The van der Waals surface area contributed by atoms with Crippen molar-refractivity contribution in [2.75, 3.05) is 18.9 Å². The maximum Gasteiger partial charge on any atom is 0.245 e. The van der Waals surface area contributed by atoms with Crippen LogP contribution in [-0.2, 0) is 10.0 Å². The number of piperidine rings is 1. The van der Waals surface area contributed by atoms with Crippen molar-refractivity contribution in [3.05, 3.63) is 22.7 Å². The summed E-state index contributed by atoms with van der Waals surface area (Å²) in [7, 11) is -3.66. The van der Waals surface area contributed by atoms with E-state index in [2.05, 4.69) is 15.9 Å². The average molecular weight is 349 g/mol. The Bertz CT molecular complexity index is 562. The van der Waals surface area contributed by atoms with Gasteiger partial charge in [-0.2, -0.15) is 4.31 Å². The van der Waals surface area contributed by atoms with Crippen LogP contribution < -0.4 is 5.73 Å². The van der Waals surface area contributed by atoms with E-state index in [1.165, 1.54) is 10.4 Å². The van der Waals surface area contributed by atoms with Crippen LogP contribution in [0.2, 0.25) is 0 Å². The molecule has 0 radical (unpaired) electrons. The van der Waals surface area contributed by atoms with Gasteiger partial charge in [-0.25, -0.2) is 8.42 Å². The third-order valence-corrected chi connectivity index (χ3v) is 5.85. The molecule has 1 aliphatic heterocycles. The highest BCUT2D eigenvalue weighted by molar-refractivity contribution is 9.10. The van der Waals surface area contributed by atoms with Crippen LogP contribution >= 0.6 is 15.9 Å². The second kappa shape index (κ2) is 5.78. The fraction of sp³-hybridized carbons (Fsp3) is 0.500. The molecule has 1 aliphatic rings. The number of anilines is 1. The van der Waals surface area contributed by atoms with Crippen molar-refractivity contribution in [2.24, 2.45) is 0 Å². The van der Waals surface area contributed by atoms with E-state index < -0.39 is 10.0 Å². The molecule has 19 heavy (non-hydrogen) atoms. The number of halogens is 1. The number of nitrogen functional groups attached to an aromatic ring is 1. The summed E-state index contributed by atoms with van der Waals surface area (Å²) in [5.41, 5.74) is 6.01. The van der Waals surface area contributed by atoms with Crippen LogP contribution in [-0.4, -0.2) is 37.0 Å². The Kier molecular flexibility index (Phi) is 4.50. The largest absolute Gasteiger partial charge is 0.398 e. The van der Waals surface area contributed by atoms with E-state index in [0.717, 1.165) is 12.8 Å². The number of benzene rings is 1. The zero-order valence-electron chi connectivity index (χ0n) is 10.4. The molecule has 0 amide bonds. The zero-order chi connectivity index (χ0) is 14.0. The number of nitrogens with zero attached hydrogens (tertiary/aromatic N) is 1. The fourth-order valence-corrected chi connectivity index (χ4v) is 4.67. The number of aliphatic hydroxyl groups is 1. The molecule has 0 spiro atoms. The third-order valence-electron chi connectivity index (χ3n) is 3.35. The number of aliphatic hydroxyl groups excluding tert-OH is 1. The maximum absolute atomic E-state index is 12.6. The number of sulfonamides is 1. The second-order valence-electron chi connectivity index (χ2n) is 4.63. The molecule has 0 bridgehead atoms. The average Bonchev–Trinajstić information content (AvgIpc) is 2.41. The molecule has 1 heterocycles. The highest BCUT2D eigenvalue weighted by Crippen LogP contribution is 2.30. The molecule has 3 N–H and O–H groups in total. The minimum atomic E-state index is -3.66. The molecule has 7 heteroatoms. The fourth-order valence-electron chi connectivity index (χ4n) is 2.33. The molecule has 1 aromatic carbocycles. The van der Waals surface area contributed by atoms with Gasteiger partial charge < -0.3 is 10.8 Å². The van der Waals surface area contributed by atoms with Crippen molar-refractivity contribution in [2.45, 2.75) is 30.2 Å². The van der Waals surface area contributed by atoms with E-state index >= 15 is 0 Å². The topological polar surface area (TPSA) is 83.6 Å². The smallest absolute Gasteiger partial charge is 0.245 e. The van der Waals surface area contributed by atoms with Crippen molar-refractivity contribution in [1.29, 1.82) is 0 Å². The van der Waals surface area contributed by atoms with E-state index in [0.29, 0.717) is 17.4 Å². The molecule has 0 aliphatic carbocycles. The molecule has 2 rings (SSSR count). The molecular formula is C12H17BrN2O3S. The summed E-state index contributed by atoms with van der Waals surface area (Å²) in [6, 6.07) is 4.42. The van der Waals surface area contributed by atoms with Crippen LogP contribution in [0.1, 0.15) is 19.3 Å². The van der Waals surface area contributed by atoms with Crippen molar-refractivity contribution in [3.63, 3.8) is 0 Å². The lowest BCUT2D eigenvalue weighted by Crippen LogP contribution is -2.45. The Morgan fingerprint density at radius 1 is 1.42 bits per heavy atom. The molecule has 1 atom stereocenters. The standard InChI is InChI=1S/C12H17BrN2O3S/c13-9-4-5-11(14)12(7-9)19(17,18)15-6-2-1-3-10(15)8-16/h4-5,7,10,16H,1-3,6,8,14H2. The number of hydrogen-bond donors (Lipinski definition) is 2. The van der Waals surface area contributed by atoms with E-state index in [-0.39, 0.29) is 23.2 Å². The van der Waals surface area contributed by atoms with Crippen LogP contribution in [0.3, 0.4) is 0 Å². The quantitative estimate of drug-likeness (QED) is 0.812. The summed E-state index contributed by atoms with van der Waals surface area (Å²) in [5.74, 6) is 0. The van der Waals surface area contributed by atoms with Gasteiger partial charge in [0.05, 0.1) is 12.3 Å². The van der Waals surface area contributed by atoms with Crippen LogP contribution in [0.4, 0.5) is 5.69 Å². The van der Waals surface area contributed by atoms with Gasteiger partial charge in [0.25, 0.3) is 0 Å². The molecular weight excluding hydrogens is 332 g/mol. The predicted molar refractivity (Wildman–Crippen MR) is 77.2 cm³/mol. The monoisotopic (exact) mass is 348 g/mol. The normalized spacial score (nSPS) is 21.5. The molecule has 0 aromatic heterocycles. The maximum atomic E-state index is 12.6. The van der Waals surface area contributed by atoms with E-state index in [1.54, 1.807) is 12.1 Å². The Morgan fingerprint density at radius 3 is 2.84 bits per heavy atom. The van der Waals surface area contributed by atoms with Crippen molar-refractivity contribution < 1.29 is 13.5 Å². The van der Waals surface area contributed by atoms with Crippen molar-refractivity contribution in [3.8, 4) is 0 Å². The Hall–Kier alpha value is -0.630. The summed E-state index contributed by atoms with van der Waals surface area (Å²) < 4.78 is 27.3. The van der Waals surface area contributed by atoms with Crippen molar-refractivity contribution in [1.82, 2.24) is 4.31 Å². The van der Waals surface area contributed by atoms with Gasteiger partial charge >= 0.3 is 0 Å². The van der Waals surface area contributed by atoms with E-state index in [4.69, 9.17) is 5.73 Å². The summed E-state index contributed by atoms with van der Waals surface area (Å²) >= 11 is 3.26. The van der Waals surface area contributed by atoms with E-state index in [1.807, 2.05) is 0 Å². The van der Waals surface area contributed by atoms with Gasteiger partial charge in [0, 0.05) is 17.1 Å². The van der Waals surface area contributed by atoms with E-state index in [9.17, 15) is 13.5 Å². The summed E-state index contributed by atoms with van der Waals surface area (Å²) in [4.78, 5) is 0.0993. The first-order valence-electron chi connectivity index (χ1n) is 6.14. The third kappa shape index (κ3) is 2.94. The minimum Gasteiger partial charge on any atom is -0.398 e. The van der Waals surface area contributed by atoms with Gasteiger partial charge in [-0.05, 0) is 31.0 Å². The van der Waals surface area contributed by atoms with Crippen LogP contribution in [0.25, 0.3) is 0 Å². The molecule has 0 saturated carbocycles. The Balaban J connectivity index is 2.43. The SMILES string of the molecule is Nc1ccc(Br)cc1S(=O)(=O)N1CCCCC1CO. The number of nitrogens with two attached hydrogens (primary N) is 1. The molecule has 1 fully saturated rings. The van der Waals surface area contributed by atoms with Crippen LogP contribution in [0.5, 0.6) is 0 Å². The Labute approximate surface area is 121 Å². The first kappa shape index (κ1) is 14.8. The minimum absolute atomic E-state index is 0.0993. The predicted octanol–water partition coefficient (Wildman–Crippen LogP) is 1.57. The second-order valence-corrected chi connectivity index (χ2v) is 7.40. The highest BCUT2D eigenvalue weighted by Gasteiger charge is 2.34. The van der Waals surface area contributed by atoms with Crippen LogP contribution in [0, 0.1) is 0 Å². The van der Waals surface area contributed by atoms with Crippen molar-refractivity contribution >= 4 is 31.6 Å². The van der Waals surface area contributed by atoms with Gasteiger partial charge in [0.15, 0.2) is 0 Å². The first-order chi connectivity index (χ1) is 8.96. The molecule has 1 saturated heterocycles. The lowest BCUT2D eigenvalue weighted by molar-refractivity contribution is 0.155. The summed E-state index contributed by atoms with van der Waals surface area (Å²) in [6.07, 6.45) is 2.43. The van der Waals surface area contributed by atoms with Gasteiger partial charge in [0.2, 0.25) is 10.0 Å². The molecule has 1 aromatic rings. The summed E-state index contributed by atoms with van der Waals surface area (Å²) in [5, 5.41) is 9.35. The zero-order valence-corrected chi connectivity index (χ0v) is 12.8. The highest BCUT2D eigenvalue weighted by atomic mass is 79.9. The molecule has 106 valence electrons.